The molecule has 4 rings (SSSR count). The molecule has 82 valence electrons. The summed E-state index contributed by atoms with van der Waals surface area (Å²) < 4.78 is 0. The van der Waals surface area contributed by atoms with Crippen LogP contribution in [0.25, 0.3) is 17.3 Å². The Morgan fingerprint density at radius 1 is 1.12 bits per heavy atom. The molecule has 1 aromatic heterocycles. The zero-order valence-corrected chi connectivity index (χ0v) is 9.48. The molecule has 1 aliphatic heterocycles. The highest BCUT2D eigenvalue weighted by Crippen LogP contribution is 2.30. The summed E-state index contributed by atoms with van der Waals surface area (Å²) >= 11 is 0. The lowest BCUT2D eigenvalue weighted by molar-refractivity contribution is 0.821. The minimum Gasteiger partial charge on any atom is -0.246 e. The number of rotatable bonds is 0. The summed E-state index contributed by atoms with van der Waals surface area (Å²) in [5, 5.41) is 2.21. The van der Waals surface area contributed by atoms with Gasteiger partial charge >= 0.3 is 0 Å². The number of para-hydroxylation sites is 1. The van der Waals surface area contributed by atoms with Gasteiger partial charge in [0.05, 0.1) is 22.1 Å². The number of nitrogens with zero attached hydrogens (tertiary/aromatic N) is 2. The second kappa shape index (κ2) is 3.27. The molecule has 0 unspecified atom stereocenters. The minimum atomic E-state index is 1.04. The highest BCUT2D eigenvalue weighted by Gasteiger charge is 2.16. The molecule has 2 nitrogen and oxygen atoms in total. The summed E-state index contributed by atoms with van der Waals surface area (Å²) in [7, 11) is 0. The number of fused-ring (bicyclic) bond motifs is 4. The van der Waals surface area contributed by atoms with Gasteiger partial charge in [0.2, 0.25) is 0 Å². The Morgan fingerprint density at radius 3 is 3.06 bits per heavy atom. The smallest absolute Gasteiger partial charge is 0.0987 e. The van der Waals surface area contributed by atoms with E-state index in [9.17, 15) is 0 Å². The Kier molecular flexibility index (Phi) is 1.75. The van der Waals surface area contributed by atoms with Gasteiger partial charge in [0, 0.05) is 5.56 Å². The first-order valence-corrected chi connectivity index (χ1v) is 6.10. The van der Waals surface area contributed by atoms with E-state index in [1.807, 2.05) is 12.1 Å². The average molecular weight is 220 g/mol. The molecule has 2 heteroatoms. The van der Waals surface area contributed by atoms with E-state index in [1.165, 1.54) is 22.9 Å². The number of aromatic nitrogens is 1. The molecule has 0 fully saturated rings. The third-order valence-corrected chi connectivity index (χ3v) is 3.50. The molecular formula is C15H12N2. The van der Waals surface area contributed by atoms with Crippen LogP contribution < -0.4 is 10.7 Å². The summed E-state index contributed by atoms with van der Waals surface area (Å²) in [6.07, 6.45) is 5.77. The maximum atomic E-state index is 4.79. The van der Waals surface area contributed by atoms with Crippen LogP contribution in [0.4, 0.5) is 5.69 Å². The Bertz CT molecular complexity index is 729. The van der Waals surface area contributed by atoms with E-state index in [0.717, 1.165) is 29.6 Å². The fraction of sp³-hybridized carbons (Fsp3) is 0.200. The van der Waals surface area contributed by atoms with Crippen molar-refractivity contribution in [3.63, 3.8) is 0 Å². The molecule has 17 heavy (non-hydrogen) atoms. The van der Waals surface area contributed by atoms with E-state index in [4.69, 9.17) is 4.98 Å². The third-order valence-electron chi connectivity index (χ3n) is 3.50. The van der Waals surface area contributed by atoms with Crippen LogP contribution in [0.15, 0.2) is 35.3 Å². The predicted octanol–water partition coefficient (Wildman–Crippen LogP) is 2.13. The first-order chi connectivity index (χ1) is 8.42. The Labute approximate surface area is 99.4 Å². The Hall–Kier alpha value is -1.96. The normalized spacial score (nSPS) is 15.3. The van der Waals surface area contributed by atoms with Gasteiger partial charge in [0.1, 0.15) is 0 Å². The Balaban J connectivity index is 2.08. The molecule has 1 aromatic carbocycles. The SMILES string of the molecule is C1=c2nc3c(cc2CCC1)=Nc1ccccc1-3. The van der Waals surface area contributed by atoms with Crippen molar-refractivity contribution < 1.29 is 0 Å². The van der Waals surface area contributed by atoms with Crippen molar-refractivity contribution in [1.29, 1.82) is 0 Å². The second-order valence-electron chi connectivity index (χ2n) is 4.63. The van der Waals surface area contributed by atoms with Gasteiger partial charge in [-0.2, -0.15) is 0 Å². The lowest BCUT2D eigenvalue weighted by Crippen LogP contribution is -2.23. The van der Waals surface area contributed by atoms with Crippen molar-refractivity contribution in [2.75, 3.05) is 0 Å². The molecule has 0 radical (unpaired) electrons. The molecule has 0 amide bonds. The second-order valence-corrected chi connectivity index (χ2v) is 4.63. The quantitative estimate of drug-likeness (QED) is 0.569. The Morgan fingerprint density at radius 2 is 2.06 bits per heavy atom. The van der Waals surface area contributed by atoms with Gasteiger partial charge < -0.3 is 0 Å². The van der Waals surface area contributed by atoms with E-state index in [2.05, 4.69) is 29.3 Å². The number of pyridine rings is 1. The van der Waals surface area contributed by atoms with Gasteiger partial charge in [0.15, 0.2) is 0 Å². The molecule has 0 saturated carbocycles. The number of hydrogen-bond acceptors (Lipinski definition) is 2. The predicted molar refractivity (Wildman–Crippen MR) is 67.5 cm³/mol. The average Bonchev–Trinajstić information content (AvgIpc) is 2.73. The van der Waals surface area contributed by atoms with Crippen molar-refractivity contribution >= 4 is 11.8 Å². The van der Waals surface area contributed by atoms with E-state index in [0.29, 0.717) is 0 Å². The number of hydrogen-bond donors (Lipinski definition) is 0. The summed E-state index contributed by atoms with van der Waals surface area (Å²) in [6.45, 7) is 0. The summed E-state index contributed by atoms with van der Waals surface area (Å²) in [5.74, 6) is 0. The van der Waals surface area contributed by atoms with Gasteiger partial charge in [-0.3, -0.25) is 0 Å². The van der Waals surface area contributed by atoms with Crippen molar-refractivity contribution in [2.24, 2.45) is 4.99 Å². The van der Waals surface area contributed by atoms with Crippen LogP contribution in [0.5, 0.6) is 0 Å². The molecule has 0 saturated heterocycles. The topological polar surface area (TPSA) is 25.2 Å². The first-order valence-electron chi connectivity index (χ1n) is 6.10. The van der Waals surface area contributed by atoms with Crippen LogP contribution >= 0.6 is 0 Å². The van der Waals surface area contributed by atoms with Crippen LogP contribution in [0.1, 0.15) is 18.4 Å². The molecule has 0 bridgehead atoms. The summed E-state index contributed by atoms with van der Waals surface area (Å²) in [4.78, 5) is 9.43. The number of benzene rings is 1. The largest absolute Gasteiger partial charge is 0.246 e. The molecule has 1 aliphatic carbocycles. The van der Waals surface area contributed by atoms with E-state index < -0.39 is 0 Å². The van der Waals surface area contributed by atoms with Gasteiger partial charge in [-0.1, -0.05) is 24.3 Å². The van der Waals surface area contributed by atoms with Crippen LogP contribution in [0.2, 0.25) is 0 Å². The van der Waals surface area contributed by atoms with Crippen LogP contribution in [0, 0.1) is 0 Å². The van der Waals surface area contributed by atoms with Gasteiger partial charge in [0.25, 0.3) is 0 Å². The molecular weight excluding hydrogens is 208 g/mol. The molecule has 0 atom stereocenters. The maximum absolute atomic E-state index is 4.79. The van der Waals surface area contributed by atoms with Crippen molar-refractivity contribution in [1.82, 2.24) is 4.98 Å². The fourth-order valence-electron chi connectivity index (χ4n) is 2.65. The molecule has 2 heterocycles. The van der Waals surface area contributed by atoms with Gasteiger partial charge in [-0.05, 0) is 37.0 Å². The lowest BCUT2D eigenvalue weighted by Gasteiger charge is -2.07. The third kappa shape index (κ3) is 1.27. The monoisotopic (exact) mass is 220 g/mol. The van der Waals surface area contributed by atoms with E-state index in [1.54, 1.807) is 0 Å². The van der Waals surface area contributed by atoms with Gasteiger partial charge in [-0.15, -0.1) is 0 Å². The number of aryl methyl sites for hydroxylation is 1. The first kappa shape index (κ1) is 9.11. The molecule has 2 aliphatic rings. The minimum absolute atomic E-state index is 1.04. The zero-order valence-electron chi connectivity index (χ0n) is 9.48. The van der Waals surface area contributed by atoms with Crippen LogP contribution in [0.3, 0.4) is 0 Å². The van der Waals surface area contributed by atoms with E-state index >= 15 is 0 Å². The van der Waals surface area contributed by atoms with Gasteiger partial charge in [-0.25, -0.2) is 9.98 Å². The summed E-state index contributed by atoms with van der Waals surface area (Å²) in [6, 6.07) is 10.5. The van der Waals surface area contributed by atoms with Crippen molar-refractivity contribution in [3.8, 4) is 11.3 Å². The van der Waals surface area contributed by atoms with Crippen LogP contribution in [-0.2, 0) is 6.42 Å². The van der Waals surface area contributed by atoms with Crippen LogP contribution in [-0.4, -0.2) is 4.98 Å². The zero-order chi connectivity index (χ0) is 11.2. The summed E-state index contributed by atoms with van der Waals surface area (Å²) in [5.41, 5.74) is 4.63. The van der Waals surface area contributed by atoms with E-state index in [-0.39, 0.29) is 0 Å². The molecule has 2 aromatic rings. The van der Waals surface area contributed by atoms with Crippen molar-refractivity contribution in [2.45, 2.75) is 19.3 Å². The maximum Gasteiger partial charge on any atom is 0.0987 e. The standard InChI is InChI=1S/C15H12N2/c1-3-7-12-10(5-1)9-14-15(17-12)11-6-2-4-8-13(11)16-14/h2,4,6-9H,1,3,5H2. The molecule has 0 N–H and O–H groups in total. The molecule has 0 spiro atoms. The van der Waals surface area contributed by atoms with Crippen molar-refractivity contribution in [3.05, 3.63) is 46.6 Å². The highest BCUT2D eigenvalue weighted by molar-refractivity contribution is 5.76. The fourth-order valence-corrected chi connectivity index (χ4v) is 2.65. The lowest BCUT2D eigenvalue weighted by atomic mass is 10.0. The highest BCUT2D eigenvalue weighted by atomic mass is 14.8.